The number of hydrogen-bond donors (Lipinski definition) is 0. The van der Waals surface area contributed by atoms with E-state index in [1.165, 1.54) is 24.8 Å². The van der Waals surface area contributed by atoms with Gasteiger partial charge in [-0.05, 0) is 45.6 Å². The van der Waals surface area contributed by atoms with Gasteiger partial charge in [-0.3, -0.25) is 9.59 Å². The molecule has 0 aliphatic rings. The molecule has 0 unspecified atom stereocenters. The van der Waals surface area contributed by atoms with Crippen molar-refractivity contribution in [2.45, 2.75) is 66.2 Å². The number of allylic oxidation sites excluding steroid dienone is 2. The van der Waals surface area contributed by atoms with Crippen molar-refractivity contribution in [1.82, 2.24) is 0 Å². The molecule has 0 radical (unpaired) electrons. The summed E-state index contributed by atoms with van der Waals surface area (Å²) in [6.07, 6.45) is 13.8. The lowest BCUT2D eigenvalue weighted by atomic mass is 9.97. The van der Waals surface area contributed by atoms with Gasteiger partial charge in [-0.2, -0.15) is 0 Å². The van der Waals surface area contributed by atoms with Crippen LogP contribution in [0.3, 0.4) is 0 Å². The van der Waals surface area contributed by atoms with Crippen molar-refractivity contribution in [3.05, 3.63) is 53.1 Å². The Hall–Kier alpha value is -2.16. The highest BCUT2D eigenvalue weighted by Gasteiger charge is 2.22. The zero-order chi connectivity index (χ0) is 20.1. The van der Waals surface area contributed by atoms with Crippen molar-refractivity contribution in [2.24, 2.45) is 5.41 Å². The second kappa shape index (κ2) is 12.3. The maximum Gasteiger partial charge on any atom is 0.311 e. The minimum absolute atomic E-state index is 0.174. The molecular weight excluding hydrogens is 336 g/mol. The number of carbonyl (C=O) groups is 2. The largest absolute Gasteiger partial charge is 0.465 e. The van der Waals surface area contributed by atoms with E-state index in [1.807, 2.05) is 45.0 Å². The standard InChI is InChI=1S/C24H34O3/c1-5-6-7-8-9-10-11-20(16-17-27-23(26)24(2,3)4)18-21-12-14-22(19-25)15-13-21/h9-10,12-15,18-19H,5-8,11,16-17H2,1-4H3/b10-9+,20-18-. The highest BCUT2D eigenvalue weighted by molar-refractivity contribution is 5.76. The van der Waals surface area contributed by atoms with E-state index >= 15 is 0 Å². The summed E-state index contributed by atoms with van der Waals surface area (Å²) in [4.78, 5) is 22.7. The van der Waals surface area contributed by atoms with Crippen LogP contribution in [0, 0.1) is 5.41 Å². The second-order valence-corrected chi connectivity index (χ2v) is 7.89. The van der Waals surface area contributed by atoms with Gasteiger partial charge in [0, 0.05) is 12.0 Å². The first-order valence-corrected chi connectivity index (χ1v) is 9.93. The summed E-state index contributed by atoms with van der Waals surface area (Å²) in [6, 6.07) is 7.51. The van der Waals surface area contributed by atoms with Crippen molar-refractivity contribution in [3.63, 3.8) is 0 Å². The van der Waals surface area contributed by atoms with Crippen molar-refractivity contribution in [1.29, 1.82) is 0 Å². The number of unbranched alkanes of at least 4 members (excludes halogenated alkanes) is 3. The third kappa shape index (κ3) is 9.93. The number of carbonyl (C=O) groups excluding carboxylic acids is 2. The number of rotatable bonds is 11. The van der Waals surface area contributed by atoms with E-state index in [0.29, 0.717) is 18.6 Å². The van der Waals surface area contributed by atoms with Crippen molar-refractivity contribution < 1.29 is 14.3 Å². The fraction of sp³-hybridized carbons (Fsp3) is 0.500. The maximum absolute atomic E-state index is 11.9. The van der Waals surface area contributed by atoms with Gasteiger partial charge in [0.2, 0.25) is 0 Å². The zero-order valence-corrected chi connectivity index (χ0v) is 17.3. The molecule has 0 fully saturated rings. The molecule has 1 aromatic rings. The first kappa shape index (κ1) is 22.9. The fourth-order valence-corrected chi connectivity index (χ4v) is 2.50. The minimum Gasteiger partial charge on any atom is -0.465 e. The highest BCUT2D eigenvalue weighted by atomic mass is 16.5. The lowest BCUT2D eigenvalue weighted by Crippen LogP contribution is -2.23. The van der Waals surface area contributed by atoms with Crippen LogP contribution in [0.2, 0.25) is 0 Å². The Morgan fingerprint density at radius 2 is 1.70 bits per heavy atom. The van der Waals surface area contributed by atoms with Gasteiger partial charge >= 0.3 is 5.97 Å². The predicted octanol–water partition coefficient (Wildman–Crippen LogP) is 6.39. The molecule has 3 nitrogen and oxygen atoms in total. The van der Waals surface area contributed by atoms with Crippen LogP contribution in [0.4, 0.5) is 0 Å². The van der Waals surface area contributed by atoms with Gasteiger partial charge in [0.1, 0.15) is 6.29 Å². The van der Waals surface area contributed by atoms with Crippen molar-refractivity contribution in [3.8, 4) is 0 Å². The predicted molar refractivity (Wildman–Crippen MR) is 113 cm³/mol. The lowest BCUT2D eigenvalue weighted by Gasteiger charge is -2.17. The number of esters is 1. The molecule has 0 bridgehead atoms. The Bertz CT molecular complexity index is 631. The Labute approximate surface area is 164 Å². The molecule has 0 heterocycles. The average molecular weight is 371 g/mol. The van der Waals surface area contributed by atoms with Crippen LogP contribution in [0.1, 0.15) is 82.1 Å². The number of ether oxygens (including phenoxy) is 1. The summed E-state index contributed by atoms with van der Waals surface area (Å²) < 4.78 is 5.42. The van der Waals surface area contributed by atoms with E-state index in [2.05, 4.69) is 25.2 Å². The van der Waals surface area contributed by atoms with Crippen LogP contribution >= 0.6 is 0 Å². The molecule has 0 aliphatic carbocycles. The number of hydrogen-bond acceptors (Lipinski definition) is 3. The zero-order valence-electron chi connectivity index (χ0n) is 17.3. The first-order valence-electron chi connectivity index (χ1n) is 9.93. The Kier molecular flexibility index (Phi) is 10.4. The van der Waals surface area contributed by atoms with Gasteiger partial charge in [-0.15, -0.1) is 0 Å². The molecule has 1 aromatic carbocycles. The molecule has 1 rings (SSSR count). The third-order valence-corrected chi connectivity index (χ3v) is 4.23. The molecular formula is C24H34O3. The van der Waals surface area contributed by atoms with E-state index in [0.717, 1.165) is 24.7 Å². The van der Waals surface area contributed by atoms with Crippen LogP contribution < -0.4 is 0 Å². The fourth-order valence-electron chi connectivity index (χ4n) is 2.50. The monoisotopic (exact) mass is 370 g/mol. The van der Waals surface area contributed by atoms with E-state index in [-0.39, 0.29) is 5.97 Å². The number of benzene rings is 1. The molecule has 0 saturated carbocycles. The lowest BCUT2D eigenvalue weighted by molar-refractivity contribution is -0.152. The smallest absolute Gasteiger partial charge is 0.311 e. The normalized spacial score (nSPS) is 12.4. The van der Waals surface area contributed by atoms with Gasteiger partial charge < -0.3 is 4.74 Å². The van der Waals surface area contributed by atoms with Crippen LogP contribution in [-0.2, 0) is 9.53 Å². The van der Waals surface area contributed by atoms with Gasteiger partial charge in [-0.1, -0.05) is 67.8 Å². The second-order valence-electron chi connectivity index (χ2n) is 7.89. The molecule has 148 valence electrons. The van der Waals surface area contributed by atoms with Crippen LogP contribution in [-0.4, -0.2) is 18.9 Å². The van der Waals surface area contributed by atoms with E-state index in [9.17, 15) is 9.59 Å². The van der Waals surface area contributed by atoms with Gasteiger partial charge in [-0.25, -0.2) is 0 Å². The molecule has 0 spiro atoms. The Morgan fingerprint density at radius 3 is 2.30 bits per heavy atom. The van der Waals surface area contributed by atoms with Gasteiger partial charge in [0.25, 0.3) is 0 Å². The first-order chi connectivity index (χ1) is 12.9. The molecule has 0 atom stereocenters. The molecule has 0 aliphatic heterocycles. The number of aldehydes is 1. The summed E-state index contributed by atoms with van der Waals surface area (Å²) in [7, 11) is 0. The summed E-state index contributed by atoms with van der Waals surface area (Å²) in [5, 5.41) is 0. The van der Waals surface area contributed by atoms with Crippen molar-refractivity contribution in [2.75, 3.05) is 6.61 Å². The molecule has 0 saturated heterocycles. The molecule has 27 heavy (non-hydrogen) atoms. The van der Waals surface area contributed by atoms with Gasteiger partial charge in [0.15, 0.2) is 0 Å². The van der Waals surface area contributed by atoms with Crippen LogP contribution in [0.15, 0.2) is 42.0 Å². The third-order valence-electron chi connectivity index (χ3n) is 4.23. The van der Waals surface area contributed by atoms with Gasteiger partial charge in [0.05, 0.1) is 12.0 Å². The summed E-state index contributed by atoms with van der Waals surface area (Å²) in [5.41, 5.74) is 2.45. The van der Waals surface area contributed by atoms with Crippen LogP contribution in [0.25, 0.3) is 6.08 Å². The average Bonchev–Trinajstić information content (AvgIpc) is 2.64. The summed E-state index contributed by atoms with van der Waals surface area (Å²) in [5.74, 6) is -0.174. The summed E-state index contributed by atoms with van der Waals surface area (Å²) in [6.45, 7) is 8.18. The topological polar surface area (TPSA) is 43.4 Å². The van der Waals surface area contributed by atoms with Crippen molar-refractivity contribution >= 4 is 18.3 Å². The Balaban J connectivity index is 2.71. The maximum atomic E-state index is 11.9. The highest BCUT2D eigenvalue weighted by Crippen LogP contribution is 2.18. The SMILES string of the molecule is CCCCC/C=C/C/C(=C/c1ccc(C=O)cc1)CCOC(=O)C(C)(C)C. The summed E-state index contributed by atoms with van der Waals surface area (Å²) >= 11 is 0. The Morgan fingerprint density at radius 1 is 1.04 bits per heavy atom. The minimum atomic E-state index is -0.478. The molecule has 0 amide bonds. The molecule has 3 heteroatoms. The molecule has 0 N–H and O–H groups in total. The van der Waals surface area contributed by atoms with E-state index < -0.39 is 5.41 Å². The van der Waals surface area contributed by atoms with E-state index in [1.54, 1.807) is 0 Å². The van der Waals surface area contributed by atoms with E-state index in [4.69, 9.17) is 4.74 Å². The quantitative estimate of drug-likeness (QED) is 0.196. The molecule has 0 aromatic heterocycles. The van der Waals surface area contributed by atoms with Crippen LogP contribution in [0.5, 0.6) is 0 Å².